The van der Waals surface area contributed by atoms with Crippen molar-refractivity contribution in [2.24, 2.45) is 11.1 Å². The Balaban J connectivity index is 2.13. The number of amides is 1. The lowest BCUT2D eigenvalue weighted by Gasteiger charge is -2.34. The van der Waals surface area contributed by atoms with Gasteiger partial charge in [0.15, 0.2) is 11.5 Å². The van der Waals surface area contributed by atoms with Gasteiger partial charge in [-0.05, 0) is 37.8 Å². The average molecular weight is 350 g/mol. The first-order chi connectivity index (χ1) is 12.1. The van der Waals surface area contributed by atoms with Crippen LogP contribution in [0.4, 0.5) is 5.69 Å². The Morgan fingerprint density at radius 2 is 1.80 bits per heavy atom. The molecule has 1 saturated heterocycles. The van der Waals surface area contributed by atoms with Crippen LogP contribution >= 0.6 is 0 Å². The summed E-state index contributed by atoms with van der Waals surface area (Å²) in [6.07, 6.45) is 3.12. The molecule has 1 fully saturated rings. The van der Waals surface area contributed by atoms with E-state index in [-0.39, 0.29) is 5.91 Å². The molecule has 0 saturated carbocycles. The first kappa shape index (κ1) is 19.5. The minimum absolute atomic E-state index is 0.0537. The lowest BCUT2D eigenvalue weighted by Crippen LogP contribution is -2.46. The Labute approximate surface area is 150 Å². The van der Waals surface area contributed by atoms with Gasteiger partial charge in [-0.25, -0.2) is 0 Å². The molecule has 0 atom stereocenters. The summed E-state index contributed by atoms with van der Waals surface area (Å²) in [5.74, 6) is 1.30. The molecule has 1 aliphatic rings. The van der Waals surface area contributed by atoms with Crippen LogP contribution in [0.2, 0.25) is 0 Å². The van der Waals surface area contributed by atoms with Crippen molar-refractivity contribution in [3.05, 3.63) is 18.2 Å². The van der Waals surface area contributed by atoms with Crippen molar-refractivity contribution >= 4 is 11.6 Å². The number of anilines is 1. The third-order valence-electron chi connectivity index (χ3n) is 4.45. The number of benzene rings is 1. The van der Waals surface area contributed by atoms with Gasteiger partial charge in [0, 0.05) is 31.5 Å². The van der Waals surface area contributed by atoms with E-state index in [9.17, 15) is 4.79 Å². The van der Waals surface area contributed by atoms with Gasteiger partial charge in [0.25, 0.3) is 0 Å². The van der Waals surface area contributed by atoms with E-state index in [1.54, 1.807) is 0 Å². The van der Waals surface area contributed by atoms with E-state index < -0.39 is 5.41 Å². The maximum Gasteiger partial charge on any atom is 0.232 e. The Bertz CT molecular complexity index is 556. The van der Waals surface area contributed by atoms with Crippen LogP contribution in [0.5, 0.6) is 11.5 Å². The number of nitrogens with two attached hydrogens (primary N) is 1. The van der Waals surface area contributed by atoms with Crippen LogP contribution in [0, 0.1) is 5.41 Å². The van der Waals surface area contributed by atoms with Gasteiger partial charge >= 0.3 is 0 Å². The molecule has 6 heteroatoms. The Morgan fingerprint density at radius 3 is 2.40 bits per heavy atom. The highest BCUT2D eigenvalue weighted by Gasteiger charge is 2.38. The van der Waals surface area contributed by atoms with Crippen molar-refractivity contribution < 1.29 is 19.0 Å². The Kier molecular flexibility index (Phi) is 7.52. The molecular weight excluding hydrogens is 320 g/mol. The smallest absolute Gasteiger partial charge is 0.232 e. The van der Waals surface area contributed by atoms with Gasteiger partial charge in [-0.15, -0.1) is 0 Å². The summed E-state index contributed by atoms with van der Waals surface area (Å²) in [6.45, 7) is 6.79. The van der Waals surface area contributed by atoms with Gasteiger partial charge in [-0.2, -0.15) is 0 Å². The molecule has 1 aliphatic heterocycles. The van der Waals surface area contributed by atoms with Gasteiger partial charge in [0.05, 0.1) is 18.6 Å². The largest absolute Gasteiger partial charge is 0.490 e. The molecule has 3 N–H and O–H groups in total. The van der Waals surface area contributed by atoms with Gasteiger partial charge in [-0.1, -0.05) is 13.8 Å². The second kappa shape index (κ2) is 9.63. The van der Waals surface area contributed by atoms with Crippen LogP contribution in [-0.2, 0) is 9.53 Å². The molecule has 1 aromatic rings. The standard InChI is InChI=1S/C19H30N2O4/c1-3-9-24-16-6-5-15(13-17(16)25-10-4-2)21-18(22)19(14-20)7-11-23-12-8-19/h5-6,13H,3-4,7-12,14,20H2,1-2H3,(H,21,22). The summed E-state index contributed by atoms with van der Waals surface area (Å²) in [4.78, 5) is 12.8. The number of carbonyl (C=O) groups excluding carboxylic acids is 1. The number of hydrogen-bond acceptors (Lipinski definition) is 5. The van der Waals surface area contributed by atoms with Crippen LogP contribution < -0.4 is 20.5 Å². The summed E-state index contributed by atoms with van der Waals surface area (Å²) in [6, 6.07) is 5.50. The molecular formula is C19H30N2O4. The van der Waals surface area contributed by atoms with Crippen molar-refractivity contribution in [3.8, 4) is 11.5 Å². The van der Waals surface area contributed by atoms with Crippen molar-refractivity contribution in [2.75, 3.05) is 38.3 Å². The number of hydrogen-bond donors (Lipinski definition) is 2. The van der Waals surface area contributed by atoms with E-state index in [0.717, 1.165) is 12.8 Å². The molecule has 2 rings (SSSR count). The summed E-state index contributed by atoms with van der Waals surface area (Å²) in [7, 11) is 0. The van der Waals surface area contributed by atoms with E-state index in [2.05, 4.69) is 12.2 Å². The minimum atomic E-state index is -0.555. The fraction of sp³-hybridized carbons (Fsp3) is 0.632. The Morgan fingerprint density at radius 1 is 1.16 bits per heavy atom. The molecule has 1 heterocycles. The second-order valence-corrected chi connectivity index (χ2v) is 6.41. The Hall–Kier alpha value is -1.79. The minimum Gasteiger partial charge on any atom is -0.490 e. The normalized spacial score (nSPS) is 16.3. The average Bonchev–Trinajstić information content (AvgIpc) is 2.66. The molecule has 0 aliphatic carbocycles. The molecule has 0 spiro atoms. The van der Waals surface area contributed by atoms with E-state index in [4.69, 9.17) is 19.9 Å². The molecule has 1 aromatic carbocycles. The lowest BCUT2D eigenvalue weighted by molar-refractivity contribution is -0.130. The van der Waals surface area contributed by atoms with Gasteiger partial charge in [0.1, 0.15) is 0 Å². The highest BCUT2D eigenvalue weighted by atomic mass is 16.5. The predicted octanol–water partition coefficient (Wildman–Crippen LogP) is 2.96. The van der Waals surface area contributed by atoms with Gasteiger partial charge in [-0.3, -0.25) is 4.79 Å². The highest BCUT2D eigenvalue weighted by molar-refractivity contribution is 5.95. The number of ether oxygens (including phenoxy) is 3. The van der Waals surface area contributed by atoms with E-state index in [1.165, 1.54) is 0 Å². The predicted molar refractivity (Wildman–Crippen MR) is 98.2 cm³/mol. The first-order valence-electron chi connectivity index (χ1n) is 9.14. The molecule has 140 valence electrons. The third-order valence-corrected chi connectivity index (χ3v) is 4.45. The molecule has 1 amide bonds. The SMILES string of the molecule is CCCOc1ccc(NC(=O)C2(CN)CCOCC2)cc1OCCC. The third kappa shape index (κ3) is 5.09. The van der Waals surface area contributed by atoms with E-state index in [0.29, 0.717) is 63.0 Å². The molecule has 25 heavy (non-hydrogen) atoms. The number of carbonyl (C=O) groups is 1. The van der Waals surface area contributed by atoms with Gasteiger partial charge < -0.3 is 25.3 Å². The zero-order chi connectivity index (χ0) is 18.1. The maximum atomic E-state index is 12.8. The van der Waals surface area contributed by atoms with Crippen LogP contribution in [0.25, 0.3) is 0 Å². The maximum absolute atomic E-state index is 12.8. The summed E-state index contributed by atoms with van der Waals surface area (Å²) >= 11 is 0. The zero-order valence-corrected chi connectivity index (χ0v) is 15.3. The van der Waals surface area contributed by atoms with E-state index in [1.807, 2.05) is 25.1 Å². The monoisotopic (exact) mass is 350 g/mol. The highest BCUT2D eigenvalue weighted by Crippen LogP contribution is 2.34. The van der Waals surface area contributed by atoms with Crippen LogP contribution in [-0.4, -0.2) is 38.9 Å². The zero-order valence-electron chi connectivity index (χ0n) is 15.3. The summed E-state index contributed by atoms with van der Waals surface area (Å²) < 4.78 is 16.9. The van der Waals surface area contributed by atoms with Gasteiger partial charge in [0.2, 0.25) is 5.91 Å². The second-order valence-electron chi connectivity index (χ2n) is 6.41. The molecule has 0 bridgehead atoms. The lowest BCUT2D eigenvalue weighted by atomic mass is 9.79. The van der Waals surface area contributed by atoms with Crippen molar-refractivity contribution in [3.63, 3.8) is 0 Å². The van der Waals surface area contributed by atoms with Crippen LogP contribution in [0.1, 0.15) is 39.5 Å². The van der Waals surface area contributed by atoms with Crippen LogP contribution in [0.15, 0.2) is 18.2 Å². The molecule has 0 aromatic heterocycles. The quantitative estimate of drug-likeness (QED) is 0.715. The number of rotatable bonds is 9. The fourth-order valence-electron chi connectivity index (χ4n) is 2.79. The van der Waals surface area contributed by atoms with Crippen LogP contribution in [0.3, 0.4) is 0 Å². The van der Waals surface area contributed by atoms with Crippen molar-refractivity contribution in [2.45, 2.75) is 39.5 Å². The number of nitrogens with one attached hydrogen (secondary N) is 1. The van der Waals surface area contributed by atoms with Crippen molar-refractivity contribution in [1.29, 1.82) is 0 Å². The van der Waals surface area contributed by atoms with E-state index >= 15 is 0 Å². The van der Waals surface area contributed by atoms with Crippen molar-refractivity contribution in [1.82, 2.24) is 0 Å². The molecule has 6 nitrogen and oxygen atoms in total. The topological polar surface area (TPSA) is 82.8 Å². The molecule has 0 radical (unpaired) electrons. The summed E-state index contributed by atoms with van der Waals surface area (Å²) in [5.41, 5.74) is 6.04. The first-order valence-corrected chi connectivity index (χ1v) is 9.14. The fourth-order valence-corrected chi connectivity index (χ4v) is 2.79. The summed E-state index contributed by atoms with van der Waals surface area (Å²) in [5, 5.41) is 2.99. The molecule has 0 unspecified atom stereocenters.